The molecule has 204 valence electrons. The van der Waals surface area contributed by atoms with Gasteiger partial charge >= 0.3 is 5.97 Å². The van der Waals surface area contributed by atoms with Crippen molar-refractivity contribution in [2.45, 2.75) is 69.2 Å². The second kappa shape index (κ2) is 12.7. The summed E-state index contributed by atoms with van der Waals surface area (Å²) in [7, 11) is 5.39. The molecule has 1 saturated heterocycles. The van der Waals surface area contributed by atoms with E-state index in [0.29, 0.717) is 24.2 Å². The van der Waals surface area contributed by atoms with Gasteiger partial charge in [-0.3, -0.25) is 9.78 Å². The van der Waals surface area contributed by atoms with Crippen molar-refractivity contribution in [3.63, 3.8) is 0 Å². The number of alkyl halides is 1. The lowest BCUT2D eigenvalue weighted by Crippen LogP contribution is -2.42. The summed E-state index contributed by atoms with van der Waals surface area (Å²) in [5, 5.41) is 11.3. The molecular formula is C29H42FN3O3S. The van der Waals surface area contributed by atoms with Crippen LogP contribution in [0.2, 0.25) is 0 Å². The highest BCUT2D eigenvalue weighted by atomic mass is 32.2. The van der Waals surface area contributed by atoms with E-state index in [2.05, 4.69) is 21.6 Å². The molecule has 4 rings (SSSR count). The Bertz CT molecular complexity index is 1050. The average molecular weight is 532 g/mol. The summed E-state index contributed by atoms with van der Waals surface area (Å²) in [6, 6.07) is 5.55. The standard InChI is InChI=1S/C29H42FN3O3S/c1-32(2)26-20-31-25-9-8-21(36-3)18-23(25)28(26)24(30)10-11-29(19-27(34)35)12-14-33(15-13-29)16-17-37-22-6-4-5-7-22/h8-9,18,20,22,24H,4-7,10-17,19H2,1-3H3,(H,34,35)/t24-/m0/s1. The number of hydrogen-bond acceptors (Lipinski definition) is 6. The molecule has 1 N–H and O–H groups in total. The van der Waals surface area contributed by atoms with E-state index in [-0.39, 0.29) is 11.8 Å². The quantitative estimate of drug-likeness (QED) is 0.343. The fourth-order valence-corrected chi connectivity index (χ4v) is 7.43. The summed E-state index contributed by atoms with van der Waals surface area (Å²) in [5.41, 5.74) is 1.73. The van der Waals surface area contributed by atoms with E-state index in [4.69, 9.17) is 4.74 Å². The number of pyridine rings is 1. The number of aromatic nitrogens is 1. The lowest BCUT2D eigenvalue weighted by Gasteiger charge is -2.41. The maximum Gasteiger partial charge on any atom is 0.303 e. The Morgan fingerprint density at radius 3 is 2.68 bits per heavy atom. The first-order valence-electron chi connectivity index (χ1n) is 13.6. The van der Waals surface area contributed by atoms with Gasteiger partial charge in [0.2, 0.25) is 0 Å². The van der Waals surface area contributed by atoms with Gasteiger partial charge in [0.25, 0.3) is 0 Å². The van der Waals surface area contributed by atoms with Crippen molar-refractivity contribution in [2.75, 3.05) is 51.5 Å². The van der Waals surface area contributed by atoms with Crippen LogP contribution in [0.4, 0.5) is 10.1 Å². The summed E-state index contributed by atoms with van der Waals surface area (Å²) >= 11 is 2.10. The highest BCUT2D eigenvalue weighted by Crippen LogP contribution is 2.44. The fraction of sp³-hybridized carbons (Fsp3) is 0.655. The van der Waals surface area contributed by atoms with E-state index >= 15 is 4.39 Å². The minimum Gasteiger partial charge on any atom is -0.497 e. The number of piperidine rings is 1. The second-order valence-corrected chi connectivity index (χ2v) is 12.4. The molecule has 1 saturated carbocycles. The Hall–Kier alpha value is -2.06. The number of benzene rings is 1. The molecule has 0 radical (unpaired) electrons. The number of anilines is 1. The summed E-state index contributed by atoms with van der Waals surface area (Å²) < 4.78 is 21.5. The van der Waals surface area contributed by atoms with Gasteiger partial charge in [-0.25, -0.2) is 4.39 Å². The number of carboxylic acids is 1. The van der Waals surface area contributed by atoms with Crippen LogP contribution in [0.3, 0.4) is 0 Å². The molecule has 0 unspecified atom stereocenters. The van der Waals surface area contributed by atoms with Crippen LogP contribution in [0.5, 0.6) is 5.75 Å². The number of carboxylic acid groups (broad SMARTS) is 1. The van der Waals surface area contributed by atoms with Crippen molar-refractivity contribution in [3.8, 4) is 5.75 Å². The monoisotopic (exact) mass is 531 g/mol. The van der Waals surface area contributed by atoms with Crippen LogP contribution in [0.25, 0.3) is 10.9 Å². The van der Waals surface area contributed by atoms with Crippen LogP contribution in [0, 0.1) is 5.41 Å². The number of rotatable bonds is 12. The molecule has 2 aliphatic rings. The molecule has 2 aromatic rings. The lowest BCUT2D eigenvalue weighted by atomic mass is 9.71. The van der Waals surface area contributed by atoms with Crippen molar-refractivity contribution in [1.29, 1.82) is 0 Å². The molecule has 1 aromatic carbocycles. The van der Waals surface area contributed by atoms with Crippen molar-refractivity contribution in [1.82, 2.24) is 9.88 Å². The third-order valence-electron chi connectivity index (χ3n) is 8.33. The van der Waals surface area contributed by atoms with E-state index in [1.165, 1.54) is 25.7 Å². The van der Waals surface area contributed by atoms with Crippen LogP contribution in [0.1, 0.15) is 69.5 Å². The summed E-state index contributed by atoms with van der Waals surface area (Å²) in [5.74, 6) is 1.03. The number of thioether (sulfide) groups is 1. The number of methoxy groups -OCH3 is 1. The highest BCUT2D eigenvalue weighted by Gasteiger charge is 2.37. The summed E-state index contributed by atoms with van der Waals surface area (Å²) in [6.45, 7) is 2.86. The molecule has 2 heterocycles. The van der Waals surface area contributed by atoms with Crippen LogP contribution in [0.15, 0.2) is 24.4 Å². The first-order valence-corrected chi connectivity index (χ1v) is 14.7. The molecule has 2 fully saturated rings. The molecule has 1 aromatic heterocycles. The molecule has 37 heavy (non-hydrogen) atoms. The lowest BCUT2D eigenvalue weighted by molar-refractivity contribution is -0.141. The number of halogens is 1. The normalized spacial score (nSPS) is 19.2. The molecule has 0 amide bonds. The number of nitrogens with zero attached hydrogens (tertiary/aromatic N) is 3. The Morgan fingerprint density at radius 1 is 1.30 bits per heavy atom. The van der Waals surface area contributed by atoms with Gasteiger partial charge in [-0.1, -0.05) is 12.8 Å². The molecular weight excluding hydrogens is 489 g/mol. The SMILES string of the molecule is COc1ccc2ncc(N(C)C)c([C@@H](F)CCC3(CC(=O)O)CCN(CCSC4CCCC4)CC3)c2c1. The summed E-state index contributed by atoms with van der Waals surface area (Å²) in [6.07, 6.45) is 8.53. The first-order chi connectivity index (χ1) is 17.8. The molecule has 0 bridgehead atoms. The largest absolute Gasteiger partial charge is 0.497 e. The van der Waals surface area contributed by atoms with Crippen LogP contribution >= 0.6 is 11.8 Å². The molecule has 0 spiro atoms. The zero-order chi connectivity index (χ0) is 26.4. The number of hydrogen-bond donors (Lipinski definition) is 1. The van der Waals surface area contributed by atoms with Gasteiger partial charge in [-0.05, 0) is 75.2 Å². The zero-order valence-corrected chi connectivity index (χ0v) is 23.4. The first kappa shape index (κ1) is 28.0. The Morgan fingerprint density at radius 2 is 2.03 bits per heavy atom. The van der Waals surface area contributed by atoms with Gasteiger partial charge in [-0.15, -0.1) is 0 Å². The molecule has 1 atom stereocenters. The van der Waals surface area contributed by atoms with Crippen LogP contribution in [-0.4, -0.2) is 72.8 Å². The zero-order valence-electron chi connectivity index (χ0n) is 22.5. The Labute approximate surface area is 224 Å². The number of ether oxygens (including phenoxy) is 1. The number of carbonyl (C=O) groups is 1. The van der Waals surface area contributed by atoms with Gasteiger partial charge in [0.15, 0.2) is 0 Å². The average Bonchev–Trinajstić information content (AvgIpc) is 3.40. The minimum atomic E-state index is -1.22. The van der Waals surface area contributed by atoms with Gasteiger partial charge in [0, 0.05) is 42.6 Å². The van der Waals surface area contributed by atoms with Gasteiger partial charge in [0.05, 0.1) is 30.9 Å². The van der Waals surface area contributed by atoms with E-state index in [1.54, 1.807) is 13.3 Å². The predicted molar refractivity (Wildman–Crippen MR) is 151 cm³/mol. The smallest absolute Gasteiger partial charge is 0.303 e. The van der Waals surface area contributed by atoms with Crippen LogP contribution < -0.4 is 9.64 Å². The number of aliphatic carboxylic acids is 1. The minimum absolute atomic E-state index is 0.107. The maximum absolute atomic E-state index is 16.1. The van der Waals surface area contributed by atoms with Crippen LogP contribution in [-0.2, 0) is 4.79 Å². The number of likely N-dealkylation sites (tertiary alicyclic amines) is 1. The summed E-state index contributed by atoms with van der Waals surface area (Å²) in [4.78, 5) is 20.7. The molecule has 6 nitrogen and oxygen atoms in total. The topological polar surface area (TPSA) is 65.9 Å². The third kappa shape index (κ3) is 7.08. The fourth-order valence-electron chi connectivity index (χ4n) is 6.06. The maximum atomic E-state index is 16.1. The predicted octanol–water partition coefficient (Wildman–Crippen LogP) is 6.33. The van der Waals surface area contributed by atoms with E-state index in [1.807, 2.05) is 37.2 Å². The molecule has 8 heteroatoms. The van der Waals surface area contributed by atoms with Crippen molar-refractivity contribution < 1.29 is 19.0 Å². The Balaban J connectivity index is 1.44. The third-order valence-corrected chi connectivity index (χ3v) is 9.69. The van der Waals surface area contributed by atoms with Crippen molar-refractivity contribution in [2.24, 2.45) is 5.41 Å². The van der Waals surface area contributed by atoms with Crippen molar-refractivity contribution in [3.05, 3.63) is 30.0 Å². The van der Waals surface area contributed by atoms with Crippen molar-refractivity contribution >= 4 is 34.3 Å². The number of fused-ring (bicyclic) bond motifs is 1. The Kier molecular flexibility index (Phi) is 9.57. The van der Waals surface area contributed by atoms with E-state index in [9.17, 15) is 9.90 Å². The van der Waals surface area contributed by atoms with Gasteiger partial charge in [0.1, 0.15) is 11.9 Å². The van der Waals surface area contributed by atoms with E-state index in [0.717, 1.165) is 60.1 Å². The molecule has 1 aliphatic heterocycles. The second-order valence-electron chi connectivity index (χ2n) is 11.0. The molecule has 1 aliphatic carbocycles. The van der Waals surface area contributed by atoms with E-state index < -0.39 is 12.1 Å². The highest BCUT2D eigenvalue weighted by molar-refractivity contribution is 7.99. The van der Waals surface area contributed by atoms with Gasteiger partial charge < -0.3 is 19.6 Å². The van der Waals surface area contributed by atoms with Gasteiger partial charge in [-0.2, -0.15) is 11.8 Å².